The predicted octanol–water partition coefficient (Wildman–Crippen LogP) is 6.50. The van der Waals surface area contributed by atoms with Crippen LogP contribution in [0, 0.1) is 0 Å². The highest BCUT2D eigenvalue weighted by Gasteiger charge is 2.17. The average Bonchev–Trinajstić information content (AvgIpc) is 2.91. The minimum atomic E-state index is -0.284. The van der Waals surface area contributed by atoms with Gasteiger partial charge in [-0.25, -0.2) is 4.76 Å². The van der Waals surface area contributed by atoms with E-state index >= 15 is 0 Å². The van der Waals surface area contributed by atoms with Gasteiger partial charge >= 0.3 is 0 Å². The molecule has 0 saturated carbocycles. The summed E-state index contributed by atoms with van der Waals surface area (Å²) >= 11 is 0. The Labute approximate surface area is 155 Å². The van der Waals surface area contributed by atoms with Gasteiger partial charge in [0, 0.05) is 20.2 Å². The van der Waals surface area contributed by atoms with Gasteiger partial charge in [0.05, 0.1) is 11.0 Å². The van der Waals surface area contributed by atoms with Gasteiger partial charge in [-0.3, -0.25) is 0 Å². The van der Waals surface area contributed by atoms with Crippen molar-refractivity contribution in [3.63, 3.8) is 0 Å². The number of hydrogen-bond acceptors (Lipinski definition) is 1. The smallest absolute Gasteiger partial charge is 0.210 e. The number of unbranched alkanes of at least 4 members (excludes halogenated alkanes) is 2. The molecule has 25 heavy (non-hydrogen) atoms. The number of para-hydroxylation sites is 2. The molecule has 0 saturated heterocycles. The van der Waals surface area contributed by atoms with Gasteiger partial charge in [0.2, 0.25) is 5.62 Å². The molecule has 0 fully saturated rings. The molecule has 0 radical (unpaired) electrons. The van der Waals surface area contributed by atoms with E-state index in [2.05, 4.69) is 74.9 Å². The Bertz CT molecular complexity index is 668. The van der Waals surface area contributed by atoms with Crippen LogP contribution >= 0.6 is 8.07 Å². The molecule has 0 bridgehead atoms. The number of imidazole rings is 1. The monoisotopic (exact) mass is 361 g/mol. The second kappa shape index (κ2) is 9.57. The third-order valence-electron chi connectivity index (χ3n) is 4.63. The minimum Gasteiger partial charge on any atom is -0.307 e. The first-order valence-electron chi connectivity index (χ1n) is 10.0. The van der Waals surface area contributed by atoms with Crippen molar-refractivity contribution in [2.75, 3.05) is 12.3 Å². The molecule has 1 heterocycles. The van der Waals surface area contributed by atoms with Crippen molar-refractivity contribution in [1.29, 1.82) is 0 Å². The van der Waals surface area contributed by atoms with E-state index in [1.54, 1.807) is 0 Å². The largest absolute Gasteiger partial charge is 0.307 e. The third-order valence-corrected chi connectivity index (χ3v) is 6.76. The van der Waals surface area contributed by atoms with E-state index in [9.17, 15) is 0 Å². The summed E-state index contributed by atoms with van der Waals surface area (Å²) in [7, 11) is -0.284. The number of nitrogens with zero attached hydrogens (tertiary/aromatic N) is 3. The molecule has 3 nitrogen and oxygen atoms in total. The molecule has 0 N–H and O–H groups in total. The first-order chi connectivity index (χ1) is 12.0. The third kappa shape index (κ3) is 4.76. The van der Waals surface area contributed by atoms with E-state index in [1.807, 2.05) is 0 Å². The van der Waals surface area contributed by atoms with Gasteiger partial charge in [-0.1, -0.05) is 38.8 Å². The normalized spacial score (nSPS) is 12.0. The van der Waals surface area contributed by atoms with E-state index in [4.69, 9.17) is 4.76 Å². The van der Waals surface area contributed by atoms with Gasteiger partial charge in [-0.15, -0.1) is 0 Å². The quantitative estimate of drug-likeness (QED) is 0.455. The van der Waals surface area contributed by atoms with Crippen molar-refractivity contribution < 1.29 is 0 Å². The maximum absolute atomic E-state index is 5.40. The fraction of sp³-hybridized carbons (Fsp3) is 0.667. The summed E-state index contributed by atoms with van der Waals surface area (Å²) in [5, 5.41) is 0. The Balaban J connectivity index is 2.67. The molecule has 1 aromatic carbocycles. The fourth-order valence-electron chi connectivity index (χ4n) is 3.34. The molecule has 0 unspecified atom stereocenters. The summed E-state index contributed by atoms with van der Waals surface area (Å²) in [5.41, 5.74) is 3.81. The van der Waals surface area contributed by atoms with Gasteiger partial charge in [-0.2, -0.15) is 0 Å². The lowest BCUT2D eigenvalue weighted by atomic mass is 10.3. The van der Waals surface area contributed by atoms with Crippen LogP contribution in [0.15, 0.2) is 29.0 Å². The molecule has 0 aliphatic rings. The average molecular weight is 362 g/mol. The predicted molar refractivity (Wildman–Crippen MR) is 113 cm³/mol. The molecule has 1 aromatic heterocycles. The van der Waals surface area contributed by atoms with E-state index in [1.165, 1.54) is 54.7 Å². The number of aromatic nitrogens is 2. The Morgan fingerprint density at radius 2 is 1.28 bits per heavy atom. The van der Waals surface area contributed by atoms with E-state index in [0.29, 0.717) is 12.1 Å². The molecule has 0 amide bonds. The van der Waals surface area contributed by atoms with Crippen molar-refractivity contribution in [2.45, 2.75) is 79.3 Å². The van der Waals surface area contributed by atoms with Crippen LogP contribution in [0.1, 0.15) is 79.3 Å². The number of hydrogen-bond donors (Lipinski definition) is 0. The molecular formula is C21H36N3P. The lowest BCUT2D eigenvalue weighted by Gasteiger charge is -2.16. The van der Waals surface area contributed by atoms with Crippen molar-refractivity contribution >= 4 is 19.1 Å². The Hall–Kier alpha value is -1.08. The Morgan fingerprint density at radius 1 is 0.840 bits per heavy atom. The Kier molecular flexibility index (Phi) is 7.75. The van der Waals surface area contributed by atoms with Crippen molar-refractivity contribution in [2.24, 2.45) is 4.76 Å². The summed E-state index contributed by atoms with van der Waals surface area (Å²) in [5.74, 6) is 0. The van der Waals surface area contributed by atoms with Gasteiger partial charge in [0.25, 0.3) is 0 Å². The molecule has 4 heteroatoms. The van der Waals surface area contributed by atoms with Crippen LogP contribution < -0.4 is 5.62 Å². The highest BCUT2D eigenvalue weighted by Crippen LogP contribution is 2.39. The van der Waals surface area contributed by atoms with Crippen molar-refractivity contribution in [1.82, 2.24) is 9.13 Å². The molecule has 0 aliphatic heterocycles. The summed E-state index contributed by atoms with van der Waals surface area (Å²) in [6.07, 6.45) is 7.65. The maximum Gasteiger partial charge on any atom is 0.210 e. The van der Waals surface area contributed by atoms with Crippen LogP contribution in [0.5, 0.6) is 0 Å². The highest BCUT2D eigenvalue weighted by molar-refractivity contribution is 7.56. The van der Waals surface area contributed by atoms with Crippen LogP contribution in [0.3, 0.4) is 0 Å². The molecule has 0 aliphatic carbocycles. The molecular weight excluding hydrogens is 325 g/mol. The summed E-state index contributed by atoms with van der Waals surface area (Å²) in [4.78, 5) is 0. The van der Waals surface area contributed by atoms with Crippen LogP contribution in [-0.4, -0.2) is 21.5 Å². The molecule has 2 rings (SSSR count). The lowest BCUT2D eigenvalue weighted by Crippen LogP contribution is -2.28. The van der Waals surface area contributed by atoms with Gasteiger partial charge in [0.15, 0.2) is 0 Å². The second-order valence-corrected chi connectivity index (χ2v) is 9.58. The van der Waals surface area contributed by atoms with Gasteiger partial charge < -0.3 is 9.13 Å². The van der Waals surface area contributed by atoms with Crippen LogP contribution in [0.2, 0.25) is 0 Å². The van der Waals surface area contributed by atoms with Crippen LogP contribution in [0.4, 0.5) is 0 Å². The molecule has 0 atom stereocenters. The van der Waals surface area contributed by atoms with Gasteiger partial charge in [-0.05, 0) is 65.0 Å². The van der Waals surface area contributed by atoms with E-state index in [-0.39, 0.29) is 8.07 Å². The van der Waals surface area contributed by atoms with Crippen molar-refractivity contribution in [3.05, 3.63) is 29.9 Å². The number of benzene rings is 1. The zero-order chi connectivity index (χ0) is 18.4. The lowest BCUT2D eigenvalue weighted by molar-refractivity contribution is 0.524. The molecule has 2 aromatic rings. The topological polar surface area (TPSA) is 22.2 Å². The maximum atomic E-state index is 5.40. The number of fused-ring (bicyclic) bond motifs is 1. The number of rotatable bonds is 9. The highest BCUT2D eigenvalue weighted by atomic mass is 31.1. The fourth-order valence-corrected chi connectivity index (χ4v) is 5.57. The molecule has 0 spiro atoms. The zero-order valence-corrected chi connectivity index (χ0v) is 17.9. The standard InChI is InChI=1S/C21H36N3P/c1-7-9-15-25(16-10-8-2)22-21-23(17(3)4)19-13-11-12-14-20(19)24(21)18(5)6/h11-14,17-18H,7-10,15-16H2,1-6H3. The van der Waals surface area contributed by atoms with Crippen LogP contribution in [-0.2, 0) is 0 Å². The summed E-state index contributed by atoms with van der Waals surface area (Å²) in [6, 6.07) is 9.61. The molecule has 140 valence electrons. The van der Waals surface area contributed by atoms with E-state index < -0.39 is 0 Å². The zero-order valence-electron chi connectivity index (χ0n) is 17.0. The first-order valence-corrected chi connectivity index (χ1v) is 11.7. The SMILES string of the molecule is CCCCP(CCCC)N=c1n(C(C)C)c2ccccc2n1C(C)C. The first kappa shape index (κ1) is 20.2. The van der Waals surface area contributed by atoms with Gasteiger partial charge in [0.1, 0.15) is 0 Å². The van der Waals surface area contributed by atoms with E-state index in [0.717, 1.165) is 0 Å². The Morgan fingerprint density at radius 3 is 1.64 bits per heavy atom. The second-order valence-electron chi connectivity index (χ2n) is 7.48. The van der Waals surface area contributed by atoms with Crippen LogP contribution in [0.25, 0.3) is 11.0 Å². The summed E-state index contributed by atoms with van der Waals surface area (Å²) < 4.78 is 10.3. The summed E-state index contributed by atoms with van der Waals surface area (Å²) in [6.45, 7) is 13.7. The minimum absolute atomic E-state index is 0.284. The van der Waals surface area contributed by atoms with Crippen molar-refractivity contribution in [3.8, 4) is 0 Å².